The molecule has 0 aromatic heterocycles. The molecule has 0 unspecified atom stereocenters. The van der Waals surface area contributed by atoms with E-state index in [1.165, 1.54) is 7.11 Å². The number of hydrogen-bond donors (Lipinski definition) is 2. The van der Waals surface area contributed by atoms with Crippen molar-refractivity contribution in [2.24, 2.45) is 5.73 Å². The van der Waals surface area contributed by atoms with Crippen LogP contribution in [0.25, 0.3) is 0 Å². The van der Waals surface area contributed by atoms with Gasteiger partial charge in [0.1, 0.15) is 0 Å². The topological polar surface area (TPSA) is 81.4 Å². The second kappa shape index (κ2) is 6.00. The Morgan fingerprint density at radius 2 is 2.18 bits per heavy atom. The zero-order valence-electron chi connectivity index (χ0n) is 9.90. The minimum absolute atomic E-state index is 0.269. The third-order valence-electron chi connectivity index (χ3n) is 2.33. The summed E-state index contributed by atoms with van der Waals surface area (Å²) in [5.41, 5.74) is 6.50. The summed E-state index contributed by atoms with van der Waals surface area (Å²) in [5, 5.41) is 2.64. The summed E-state index contributed by atoms with van der Waals surface area (Å²) < 4.78 is 4.59. The number of rotatable bonds is 4. The van der Waals surface area contributed by atoms with Gasteiger partial charge in [0.15, 0.2) is 0 Å². The maximum absolute atomic E-state index is 11.5. The maximum atomic E-state index is 11.5. The van der Waals surface area contributed by atoms with Gasteiger partial charge in [-0.1, -0.05) is 13.0 Å². The van der Waals surface area contributed by atoms with Crippen LogP contribution in [0.4, 0.5) is 5.69 Å². The fourth-order valence-corrected chi connectivity index (χ4v) is 1.26. The van der Waals surface area contributed by atoms with Gasteiger partial charge in [-0.05, 0) is 24.6 Å². The first kappa shape index (κ1) is 13.2. The monoisotopic (exact) mass is 236 g/mol. The largest absolute Gasteiger partial charge is 0.465 e. The number of benzene rings is 1. The van der Waals surface area contributed by atoms with E-state index >= 15 is 0 Å². The number of nitrogens with two attached hydrogens (primary N) is 1. The molecule has 1 aromatic carbocycles. The standard InChI is InChI=1S/C12H16N2O3/c1-3-10(13)11(15)14-9-6-4-5-8(7-9)12(16)17-2/h4-7,10H,3,13H2,1-2H3,(H,14,15)/t10-/m1/s1. The number of anilines is 1. The van der Waals surface area contributed by atoms with Crippen LogP contribution in [0.2, 0.25) is 0 Å². The quantitative estimate of drug-likeness (QED) is 0.768. The molecule has 1 aromatic rings. The molecule has 1 amide bonds. The van der Waals surface area contributed by atoms with Crippen molar-refractivity contribution in [3.63, 3.8) is 0 Å². The first-order valence-electron chi connectivity index (χ1n) is 5.33. The summed E-state index contributed by atoms with van der Waals surface area (Å²) in [5.74, 6) is -0.713. The molecule has 1 atom stereocenters. The van der Waals surface area contributed by atoms with Gasteiger partial charge in [0.2, 0.25) is 5.91 Å². The summed E-state index contributed by atoms with van der Waals surface area (Å²) in [4.78, 5) is 22.8. The zero-order valence-corrected chi connectivity index (χ0v) is 9.90. The van der Waals surface area contributed by atoms with E-state index in [-0.39, 0.29) is 5.91 Å². The van der Waals surface area contributed by atoms with Gasteiger partial charge in [-0.2, -0.15) is 0 Å². The van der Waals surface area contributed by atoms with Gasteiger partial charge in [0, 0.05) is 5.69 Å². The predicted molar refractivity (Wildman–Crippen MR) is 64.7 cm³/mol. The maximum Gasteiger partial charge on any atom is 0.337 e. The van der Waals surface area contributed by atoms with Gasteiger partial charge in [0.25, 0.3) is 0 Å². The van der Waals surface area contributed by atoms with Crippen molar-refractivity contribution >= 4 is 17.6 Å². The molecule has 3 N–H and O–H groups in total. The Morgan fingerprint density at radius 1 is 1.47 bits per heavy atom. The molecule has 5 nitrogen and oxygen atoms in total. The van der Waals surface area contributed by atoms with Crippen LogP contribution in [0.15, 0.2) is 24.3 Å². The molecular formula is C12H16N2O3. The molecule has 0 aliphatic heterocycles. The van der Waals surface area contributed by atoms with E-state index < -0.39 is 12.0 Å². The molecule has 0 saturated heterocycles. The van der Waals surface area contributed by atoms with E-state index in [4.69, 9.17) is 5.73 Å². The number of hydrogen-bond acceptors (Lipinski definition) is 4. The fraction of sp³-hybridized carbons (Fsp3) is 0.333. The van der Waals surface area contributed by atoms with E-state index in [2.05, 4.69) is 10.1 Å². The molecule has 0 spiro atoms. The van der Waals surface area contributed by atoms with Gasteiger partial charge in [-0.25, -0.2) is 4.79 Å². The van der Waals surface area contributed by atoms with Crippen molar-refractivity contribution in [3.05, 3.63) is 29.8 Å². The number of nitrogens with one attached hydrogen (secondary N) is 1. The van der Waals surface area contributed by atoms with Crippen LogP contribution in [-0.2, 0) is 9.53 Å². The Bertz CT molecular complexity index is 418. The van der Waals surface area contributed by atoms with Crippen LogP contribution in [0.1, 0.15) is 23.7 Å². The molecule has 0 bridgehead atoms. The molecule has 92 valence electrons. The molecule has 17 heavy (non-hydrogen) atoms. The van der Waals surface area contributed by atoms with Gasteiger partial charge in [-0.3, -0.25) is 4.79 Å². The van der Waals surface area contributed by atoms with Gasteiger partial charge < -0.3 is 15.8 Å². The summed E-state index contributed by atoms with van der Waals surface area (Å²) in [6, 6.07) is 5.97. The predicted octanol–water partition coefficient (Wildman–Crippen LogP) is 1.15. The van der Waals surface area contributed by atoms with E-state index in [0.29, 0.717) is 17.7 Å². The average Bonchev–Trinajstić information content (AvgIpc) is 2.37. The highest BCUT2D eigenvalue weighted by Gasteiger charge is 2.12. The lowest BCUT2D eigenvalue weighted by Gasteiger charge is -2.10. The second-order valence-corrected chi connectivity index (χ2v) is 3.58. The molecular weight excluding hydrogens is 220 g/mol. The lowest BCUT2D eigenvalue weighted by molar-refractivity contribution is -0.117. The first-order valence-corrected chi connectivity index (χ1v) is 5.33. The summed E-state index contributed by atoms with van der Waals surface area (Å²) >= 11 is 0. The summed E-state index contributed by atoms with van der Waals surface area (Å²) in [6.45, 7) is 1.83. The molecule has 0 radical (unpaired) electrons. The number of amides is 1. The highest BCUT2D eigenvalue weighted by Crippen LogP contribution is 2.11. The van der Waals surface area contributed by atoms with Gasteiger partial charge in [-0.15, -0.1) is 0 Å². The van der Waals surface area contributed by atoms with E-state index in [0.717, 1.165) is 0 Å². The normalized spacial score (nSPS) is 11.7. The van der Waals surface area contributed by atoms with Crippen LogP contribution < -0.4 is 11.1 Å². The number of esters is 1. The molecule has 0 fully saturated rings. The SMILES string of the molecule is CC[C@@H](N)C(=O)Nc1cccc(C(=O)OC)c1. The Balaban J connectivity index is 2.79. The van der Waals surface area contributed by atoms with Crippen LogP contribution in [0.5, 0.6) is 0 Å². The Kier molecular flexibility index (Phi) is 4.66. The molecule has 0 aliphatic carbocycles. The molecule has 5 heteroatoms. The van der Waals surface area contributed by atoms with E-state index in [9.17, 15) is 9.59 Å². The van der Waals surface area contributed by atoms with Crippen molar-refractivity contribution in [3.8, 4) is 0 Å². The number of carbonyl (C=O) groups excluding carboxylic acids is 2. The van der Waals surface area contributed by atoms with Gasteiger partial charge in [0.05, 0.1) is 18.7 Å². The number of carbonyl (C=O) groups is 2. The zero-order chi connectivity index (χ0) is 12.8. The summed E-state index contributed by atoms with van der Waals surface area (Å²) in [6.07, 6.45) is 0.558. The highest BCUT2D eigenvalue weighted by atomic mass is 16.5. The Labute approximate surface area is 99.9 Å². The lowest BCUT2D eigenvalue weighted by atomic mass is 10.2. The van der Waals surface area contributed by atoms with Crippen molar-refractivity contribution in [2.75, 3.05) is 12.4 Å². The number of methoxy groups -OCH3 is 1. The molecule has 0 heterocycles. The van der Waals surface area contributed by atoms with Crippen LogP contribution in [0.3, 0.4) is 0 Å². The average molecular weight is 236 g/mol. The Hall–Kier alpha value is -1.88. The lowest BCUT2D eigenvalue weighted by Crippen LogP contribution is -2.34. The van der Waals surface area contributed by atoms with Crippen molar-refractivity contribution in [1.29, 1.82) is 0 Å². The van der Waals surface area contributed by atoms with E-state index in [1.807, 2.05) is 6.92 Å². The fourth-order valence-electron chi connectivity index (χ4n) is 1.26. The van der Waals surface area contributed by atoms with Crippen LogP contribution in [-0.4, -0.2) is 25.0 Å². The molecule has 0 saturated carbocycles. The molecule has 1 rings (SSSR count). The molecule has 0 aliphatic rings. The minimum atomic E-state index is -0.545. The first-order chi connectivity index (χ1) is 8.08. The van der Waals surface area contributed by atoms with Crippen molar-refractivity contribution < 1.29 is 14.3 Å². The highest BCUT2D eigenvalue weighted by molar-refractivity contribution is 5.96. The van der Waals surface area contributed by atoms with Crippen LogP contribution in [0, 0.1) is 0 Å². The minimum Gasteiger partial charge on any atom is -0.465 e. The third-order valence-corrected chi connectivity index (χ3v) is 2.33. The number of ether oxygens (including phenoxy) is 1. The van der Waals surface area contributed by atoms with Crippen LogP contribution >= 0.6 is 0 Å². The van der Waals surface area contributed by atoms with Gasteiger partial charge >= 0.3 is 5.97 Å². The smallest absolute Gasteiger partial charge is 0.337 e. The third kappa shape index (κ3) is 3.57. The van der Waals surface area contributed by atoms with Crippen molar-refractivity contribution in [1.82, 2.24) is 0 Å². The Morgan fingerprint density at radius 3 is 2.76 bits per heavy atom. The summed E-state index contributed by atoms with van der Waals surface area (Å²) in [7, 11) is 1.31. The van der Waals surface area contributed by atoms with Crippen molar-refractivity contribution in [2.45, 2.75) is 19.4 Å². The second-order valence-electron chi connectivity index (χ2n) is 3.58. The van der Waals surface area contributed by atoms with E-state index in [1.54, 1.807) is 24.3 Å².